The fourth-order valence-corrected chi connectivity index (χ4v) is 1.64. The van der Waals surface area contributed by atoms with Crippen LogP contribution in [0.1, 0.15) is 26.2 Å². The lowest BCUT2D eigenvalue weighted by Gasteiger charge is -2.26. The van der Waals surface area contributed by atoms with Gasteiger partial charge in [0.2, 0.25) is 0 Å². The fourth-order valence-electron chi connectivity index (χ4n) is 1.64. The molecule has 1 aliphatic carbocycles. The van der Waals surface area contributed by atoms with E-state index >= 15 is 0 Å². The topological polar surface area (TPSA) is 26.3 Å². The van der Waals surface area contributed by atoms with E-state index in [9.17, 15) is 4.79 Å². The molecule has 68 valence electrons. The van der Waals surface area contributed by atoms with Crippen LogP contribution in [0.4, 0.5) is 0 Å². The minimum atomic E-state index is -0.170. The van der Waals surface area contributed by atoms with E-state index in [1.54, 1.807) is 6.08 Å². The Labute approximate surface area is 73.6 Å². The lowest BCUT2D eigenvalue weighted by molar-refractivity contribution is -0.135. The quantitative estimate of drug-likeness (QED) is 0.602. The van der Waals surface area contributed by atoms with Gasteiger partial charge in [-0.05, 0) is 18.8 Å². The van der Waals surface area contributed by atoms with Crippen LogP contribution >= 0.6 is 0 Å². The zero-order valence-electron chi connectivity index (χ0n) is 7.58. The predicted molar refractivity (Wildman–Crippen MR) is 48.0 cm³/mol. The number of hydrogen-bond donors (Lipinski definition) is 0. The summed E-state index contributed by atoms with van der Waals surface area (Å²) in [7, 11) is 0. The molecule has 0 saturated heterocycles. The van der Waals surface area contributed by atoms with E-state index in [1.165, 1.54) is 0 Å². The molecule has 0 amide bonds. The van der Waals surface area contributed by atoms with Crippen LogP contribution in [-0.2, 0) is 9.53 Å². The molecule has 0 spiro atoms. The molecule has 1 saturated carbocycles. The van der Waals surface area contributed by atoms with Gasteiger partial charge in [0.25, 0.3) is 0 Å². The molecule has 2 heteroatoms. The molecule has 0 unspecified atom stereocenters. The highest BCUT2D eigenvalue weighted by Gasteiger charge is 2.28. The fraction of sp³-hybridized carbons (Fsp3) is 0.700. The van der Waals surface area contributed by atoms with Crippen LogP contribution in [0.2, 0.25) is 0 Å². The van der Waals surface area contributed by atoms with Gasteiger partial charge < -0.3 is 4.74 Å². The molecule has 1 fully saturated rings. The summed E-state index contributed by atoms with van der Waals surface area (Å²) < 4.78 is 5.39. The third-order valence-corrected chi connectivity index (χ3v) is 2.31. The Bertz CT molecular complexity index is 175. The summed E-state index contributed by atoms with van der Waals surface area (Å²) in [5.41, 5.74) is 0. The van der Waals surface area contributed by atoms with Crippen molar-refractivity contribution in [2.24, 2.45) is 5.92 Å². The molecule has 0 aromatic heterocycles. The average Bonchev–Trinajstić information content (AvgIpc) is 2.04. The molecule has 0 radical (unpaired) electrons. The first kappa shape index (κ1) is 9.46. The molecular weight excluding hydrogens is 152 g/mol. The lowest BCUT2D eigenvalue weighted by Crippen LogP contribution is -2.34. The Balaban J connectivity index is 2.45. The standard InChI is InChI=1S/C10H16O2/c1-3-7-12-10-8(2)5-4-6-9(10)11/h3,8,10H,1,4-7H2,2H3/t8-,10+/m1/s1. The second-order valence-electron chi connectivity index (χ2n) is 3.38. The maximum absolute atomic E-state index is 11.4. The summed E-state index contributed by atoms with van der Waals surface area (Å²) in [6.45, 7) is 6.12. The Morgan fingerprint density at radius 3 is 3.08 bits per heavy atom. The maximum Gasteiger partial charge on any atom is 0.161 e. The highest BCUT2D eigenvalue weighted by atomic mass is 16.5. The number of ether oxygens (including phenoxy) is 1. The van der Waals surface area contributed by atoms with Gasteiger partial charge in [-0.15, -0.1) is 6.58 Å². The van der Waals surface area contributed by atoms with E-state index in [4.69, 9.17) is 4.74 Å². The van der Waals surface area contributed by atoms with Gasteiger partial charge in [0, 0.05) is 6.42 Å². The van der Waals surface area contributed by atoms with Gasteiger partial charge in [-0.1, -0.05) is 13.0 Å². The summed E-state index contributed by atoms with van der Waals surface area (Å²) in [6.07, 6.45) is 4.33. The van der Waals surface area contributed by atoms with Crippen molar-refractivity contribution >= 4 is 5.78 Å². The van der Waals surface area contributed by atoms with Crippen molar-refractivity contribution in [3.05, 3.63) is 12.7 Å². The maximum atomic E-state index is 11.4. The normalized spacial score (nSPS) is 30.2. The van der Waals surface area contributed by atoms with Crippen molar-refractivity contribution < 1.29 is 9.53 Å². The SMILES string of the molecule is C=CCO[C@@H]1C(=O)CCC[C@H]1C. The largest absolute Gasteiger partial charge is 0.366 e. The first-order chi connectivity index (χ1) is 5.75. The molecule has 0 aromatic carbocycles. The Hall–Kier alpha value is -0.630. The molecule has 2 nitrogen and oxygen atoms in total. The van der Waals surface area contributed by atoms with E-state index < -0.39 is 0 Å². The minimum absolute atomic E-state index is 0.170. The van der Waals surface area contributed by atoms with Crippen LogP contribution in [-0.4, -0.2) is 18.5 Å². The van der Waals surface area contributed by atoms with Crippen molar-refractivity contribution in [1.29, 1.82) is 0 Å². The van der Waals surface area contributed by atoms with Crippen LogP contribution < -0.4 is 0 Å². The number of rotatable bonds is 3. The van der Waals surface area contributed by atoms with Crippen LogP contribution in [0.15, 0.2) is 12.7 Å². The van der Waals surface area contributed by atoms with Crippen molar-refractivity contribution in [2.45, 2.75) is 32.3 Å². The van der Waals surface area contributed by atoms with E-state index in [0.29, 0.717) is 18.9 Å². The lowest BCUT2D eigenvalue weighted by atomic mass is 9.87. The first-order valence-corrected chi connectivity index (χ1v) is 4.51. The molecule has 0 aliphatic heterocycles. The zero-order valence-corrected chi connectivity index (χ0v) is 7.58. The van der Waals surface area contributed by atoms with Crippen molar-refractivity contribution in [3.63, 3.8) is 0 Å². The summed E-state index contributed by atoms with van der Waals surface area (Å²) in [4.78, 5) is 11.4. The Kier molecular flexibility index (Phi) is 3.48. The van der Waals surface area contributed by atoms with E-state index in [-0.39, 0.29) is 11.9 Å². The molecule has 0 aromatic rings. The van der Waals surface area contributed by atoms with Gasteiger partial charge in [-0.25, -0.2) is 0 Å². The van der Waals surface area contributed by atoms with Gasteiger partial charge >= 0.3 is 0 Å². The number of hydrogen-bond acceptors (Lipinski definition) is 2. The molecule has 0 N–H and O–H groups in total. The summed E-state index contributed by atoms with van der Waals surface area (Å²) in [6, 6.07) is 0. The molecule has 1 aliphatic rings. The third kappa shape index (κ3) is 2.18. The van der Waals surface area contributed by atoms with E-state index in [0.717, 1.165) is 12.8 Å². The second-order valence-corrected chi connectivity index (χ2v) is 3.38. The molecule has 12 heavy (non-hydrogen) atoms. The van der Waals surface area contributed by atoms with Crippen molar-refractivity contribution in [3.8, 4) is 0 Å². The molecule has 0 heterocycles. The Morgan fingerprint density at radius 2 is 2.50 bits per heavy atom. The van der Waals surface area contributed by atoms with E-state index in [1.807, 2.05) is 0 Å². The monoisotopic (exact) mass is 168 g/mol. The van der Waals surface area contributed by atoms with Crippen LogP contribution in [0, 0.1) is 5.92 Å². The minimum Gasteiger partial charge on any atom is -0.366 e. The van der Waals surface area contributed by atoms with Crippen LogP contribution in [0.5, 0.6) is 0 Å². The smallest absolute Gasteiger partial charge is 0.161 e. The zero-order chi connectivity index (χ0) is 8.97. The summed E-state index contributed by atoms with van der Waals surface area (Å²) >= 11 is 0. The van der Waals surface area contributed by atoms with Crippen molar-refractivity contribution in [1.82, 2.24) is 0 Å². The third-order valence-electron chi connectivity index (χ3n) is 2.31. The predicted octanol–water partition coefficient (Wildman–Crippen LogP) is 1.95. The molecular formula is C10H16O2. The number of Topliss-reactive ketones (excluding diaryl/α,β-unsaturated/α-hetero) is 1. The first-order valence-electron chi connectivity index (χ1n) is 4.51. The highest BCUT2D eigenvalue weighted by molar-refractivity contribution is 5.84. The number of carbonyl (C=O) groups is 1. The van der Waals surface area contributed by atoms with Gasteiger partial charge in [-0.3, -0.25) is 4.79 Å². The number of carbonyl (C=O) groups excluding carboxylic acids is 1. The van der Waals surface area contributed by atoms with Gasteiger partial charge in [-0.2, -0.15) is 0 Å². The highest BCUT2D eigenvalue weighted by Crippen LogP contribution is 2.23. The average molecular weight is 168 g/mol. The molecule has 2 atom stereocenters. The van der Waals surface area contributed by atoms with E-state index in [2.05, 4.69) is 13.5 Å². The van der Waals surface area contributed by atoms with Crippen LogP contribution in [0.25, 0.3) is 0 Å². The van der Waals surface area contributed by atoms with Gasteiger partial charge in [0.1, 0.15) is 6.10 Å². The van der Waals surface area contributed by atoms with Crippen molar-refractivity contribution in [2.75, 3.05) is 6.61 Å². The van der Waals surface area contributed by atoms with Crippen LogP contribution in [0.3, 0.4) is 0 Å². The molecule has 1 rings (SSSR count). The second kappa shape index (κ2) is 4.41. The Morgan fingerprint density at radius 1 is 1.75 bits per heavy atom. The number of ketones is 1. The molecule has 0 bridgehead atoms. The summed E-state index contributed by atoms with van der Waals surface area (Å²) in [5.74, 6) is 0.641. The summed E-state index contributed by atoms with van der Waals surface area (Å²) in [5, 5.41) is 0. The van der Waals surface area contributed by atoms with Gasteiger partial charge in [0.15, 0.2) is 5.78 Å². The van der Waals surface area contributed by atoms with Gasteiger partial charge in [0.05, 0.1) is 6.61 Å².